The Morgan fingerprint density at radius 1 is 1.07 bits per heavy atom. The molecule has 6 nitrogen and oxygen atoms in total. The molecule has 2 N–H and O–H groups in total. The normalized spacial score (nSPS) is 11.6. The molecule has 1 aromatic carbocycles. The van der Waals surface area contributed by atoms with Crippen LogP contribution in [0.2, 0.25) is 5.15 Å². The predicted octanol–water partition coefficient (Wildman–Crippen LogP) is 3.10. The highest BCUT2D eigenvalue weighted by Gasteiger charge is 2.06. The van der Waals surface area contributed by atoms with Crippen molar-refractivity contribution in [2.24, 2.45) is 4.99 Å². The van der Waals surface area contributed by atoms with Crippen LogP contribution in [0.15, 0.2) is 52.5 Å². The smallest absolute Gasteiger partial charge is 0.191 e. The summed E-state index contributed by atoms with van der Waals surface area (Å²) in [5, 5.41) is 7.01. The van der Waals surface area contributed by atoms with E-state index in [0.717, 1.165) is 43.0 Å². The van der Waals surface area contributed by atoms with Gasteiger partial charge in [-0.15, -0.1) is 24.0 Å². The number of halogens is 2. The molecule has 0 radical (unpaired) electrons. The van der Waals surface area contributed by atoms with Gasteiger partial charge in [-0.25, -0.2) is 13.4 Å². The van der Waals surface area contributed by atoms with Crippen molar-refractivity contribution in [3.05, 3.63) is 58.9 Å². The fourth-order valence-electron chi connectivity index (χ4n) is 2.42. The fraction of sp³-hybridized carbons (Fsp3) is 0.368. The molecular weight excluding hydrogens is 511 g/mol. The maximum Gasteiger partial charge on any atom is 0.191 e. The van der Waals surface area contributed by atoms with Crippen molar-refractivity contribution in [1.29, 1.82) is 0 Å². The van der Waals surface area contributed by atoms with E-state index < -0.39 is 9.84 Å². The van der Waals surface area contributed by atoms with Crippen molar-refractivity contribution in [3.63, 3.8) is 0 Å². The van der Waals surface area contributed by atoms with Crippen molar-refractivity contribution < 1.29 is 8.42 Å². The molecule has 0 spiro atoms. The maximum atomic E-state index is 11.5. The van der Waals surface area contributed by atoms with Crippen LogP contribution in [0.4, 0.5) is 0 Å². The van der Waals surface area contributed by atoms with Crippen molar-refractivity contribution >= 4 is 51.4 Å². The number of aliphatic imine (C=N–C) groups is 1. The number of aromatic nitrogens is 1. The topological polar surface area (TPSA) is 83.5 Å². The van der Waals surface area contributed by atoms with Crippen LogP contribution in [0, 0.1) is 0 Å². The molecule has 0 saturated heterocycles. The van der Waals surface area contributed by atoms with E-state index in [1.54, 1.807) is 24.4 Å². The largest absolute Gasteiger partial charge is 0.357 e. The van der Waals surface area contributed by atoms with Gasteiger partial charge < -0.3 is 10.6 Å². The van der Waals surface area contributed by atoms with Gasteiger partial charge in [0.2, 0.25) is 0 Å². The van der Waals surface area contributed by atoms with Gasteiger partial charge in [-0.05, 0) is 49.1 Å². The Balaban J connectivity index is 0.00000392. The summed E-state index contributed by atoms with van der Waals surface area (Å²) >= 11 is 5.79. The van der Waals surface area contributed by atoms with E-state index in [1.807, 2.05) is 25.1 Å². The van der Waals surface area contributed by atoms with E-state index in [-0.39, 0.29) is 24.0 Å². The van der Waals surface area contributed by atoms with Crippen molar-refractivity contribution in [2.75, 3.05) is 25.9 Å². The van der Waals surface area contributed by atoms with Crippen LogP contribution in [0.5, 0.6) is 0 Å². The van der Waals surface area contributed by atoms with E-state index >= 15 is 0 Å². The average Bonchev–Trinajstić information content (AvgIpc) is 2.63. The first-order valence-electron chi connectivity index (χ1n) is 8.80. The van der Waals surface area contributed by atoms with Crippen molar-refractivity contribution in [2.45, 2.75) is 24.7 Å². The monoisotopic (exact) mass is 536 g/mol. The number of hydrogen-bond donors (Lipinski definition) is 2. The number of sulfone groups is 1. The highest BCUT2D eigenvalue weighted by Crippen LogP contribution is 2.10. The number of pyridine rings is 1. The van der Waals surface area contributed by atoms with Crippen molar-refractivity contribution in [3.8, 4) is 0 Å². The quantitative estimate of drug-likeness (QED) is 0.234. The first-order chi connectivity index (χ1) is 12.9. The third kappa shape index (κ3) is 8.74. The Bertz CT molecular complexity index is 857. The van der Waals surface area contributed by atoms with E-state index in [2.05, 4.69) is 20.6 Å². The number of hydrogen-bond acceptors (Lipinski definition) is 4. The molecule has 0 atom stereocenters. The molecule has 2 aromatic rings. The molecule has 0 aliphatic carbocycles. The molecule has 0 saturated carbocycles. The third-order valence-corrected chi connectivity index (χ3v) is 5.21. The number of benzene rings is 1. The van der Waals surface area contributed by atoms with E-state index in [1.165, 1.54) is 6.26 Å². The Morgan fingerprint density at radius 3 is 2.32 bits per heavy atom. The fourth-order valence-corrected chi connectivity index (χ4v) is 3.16. The van der Waals surface area contributed by atoms with Gasteiger partial charge in [-0.3, -0.25) is 4.99 Å². The van der Waals surface area contributed by atoms with Gasteiger partial charge in [0.15, 0.2) is 15.8 Å². The highest BCUT2D eigenvalue weighted by atomic mass is 127. The summed E-state index contributed by atoms with van der Waals surface area (Å²) in [6.45, 7) is 4.13. The van der Waals surface area contributed by atoms with Gasteiger partial charge in [0, 0.05) is 32.1 Å². The van der Waals surface area contributed by atoms with E-state index in [0.29, 0.717) is 16.6 Å². The molecule has 0 amide bonds. The minimum absolute atomic E-state index is 0. The zero-order valence-electron chi connectivity index (χ0n) is 16.0. The van der Waals surface area contributed by atoms with Crippen LogP contribution < -0.4 is 10.6 Å². The lowest BCUT2D eigenvalue weighted by atomic mass is 10.1. The van der Waals surface area contributed by atoms with Gasteiger partial charge in [0.1, 0.15) is 5.15 Å². The second-order valence-corrected chi connectivity index (χ2v) is 8.50. The van der Waals surface area contributed by atoms with Crippen molar-refractivity contribution in [1.82, 2.24) is 15.6 Å². The van der Waals surface area contributed by atoms with E-state index in [4.69, 9.17) is 11.6 Å². The molecule has 0 aliphatic heterocycles. The van der Waals surface area contributed by atoms with Gasteiger partial charge in [-0.2, -0.15) is 0 Å². The third-order valence-electron chi connectivity index (χ3n) is 3.86. The summed E-state index contributed by atoms with van der Waals surface area (Å²) in [5.41, 5.74) is 2.16. The zero-order chi connectivity index (χ0) is 19.7. The minimum atomic E-state index is -3.16. The average molecular weight is 537 g/mol. The second kappa shape index (κ2) is 12.2. The summed E-state index contributed by atoms with van der Waals surface area (Å²) in [4.78, 5) is 8.97. The number of rotatable bonds is 8. The Hall–Kier alpha value is -1.39. The standard InChI is InChI=1S/C19H25ClN4O2S.HI/c1-3-21-19(23-13-11-16-6-9-18(20)24-14-16)22-12-10-15-4-7-17(8-5-15)27(2,25)26;/h4-9,14H,3,10-13H2,1-2H3,(H2,21,22,23);1H. The van der Waals surface area contributed by atoms with Crippen LogP contribution >= 0.6 is 35.6 Å². The Morgan fingerprint density at radius 2 is 1.75 bits per heavy atom. The number of guanidine groups is 1. The molecule has 154 valence electrons. The summed E-state index contributed by atoms with van der Waals surface area (Å²) in [6, 6.07) is 10.7. The zero-order valence-corrected chi connectivity index (χ0v) is 19.9. The molecule has 9 heteroatoms. The first kappa shape index (κ1) is 24.6. The molecule has 0 unspecified atom stereocenters. The molecule has 28 heavy (non-hydrogen) atoms. The molecule has 1 aromatic heterocycles. The molecule has 0 aliphatic rings. The maximum absolute atomic E-state index is 11.5. The summed E-state index contributed by atoms with van der Waals surface area (Å²) in [7, 11) is -3.16. The molecule has 0 fully saturated rings. The molecule has 1 heterocycles. The van der Waals surface area contributed by atoms with Gasteiger partial charge in [0.25, 0.3) is 0 Å². The lowest BCUT2D eigenvalue weighted by molar-refractivity contribution is 0.602. The Kier molecular flexibility index (Phi) is 10.8. The van der Waals surface area contributed by atoms with Gasteiger partial charge in [0.05, 0.1) is 4.90 Å². The summed E-state index contributed by atoms with van der Waals surface area (Å²) in [6.07, 6.45) is 4.54. The van der Waals surface area contributed by atoms with Crippen LogP contribution in [-0.2, 0) is 22.7 Å². The highest BCUT2D eigenvalue weighted by molar-refractivity contribution is 14.0. The minimum Gasteiger partial charge on any atom is -0.357 e. The molecule has 2 rings (SSSR count). The first-order valence-corrected chi connectivity index (χ1v) is 11.1. The summed E-state index contributed by atoms with van der Waals surface area (Å²) in [5.74, 6) is 0.757. The van der Waals surface area contributed by atoms with Gasteiger partial charge in [-0.1, -0.05) is 29.8 Å². The van der Waals surface area contributed by atoms with Crippen LogP contribution in [0.3, 0.4) is 0 Å². The van der Waals surface area contributed by atoms with E-state index in [9.17, 15) is 8.42 Å². The number of nitrogens with zero attached hydrogens (tertiary/aromatic N) is 2. The molecule has 0 bridgehead atoms. The lowest BCUT2D eigenvalue weighted by Gasteiger charge is -2.11. The lowest BCUT2D eigenvalue weighted by Crippen LogP contribution is -2.38. The SMILES string of the molecule is CCNC(=NCCc1ccc(S(C)(=O)=O)cc1)NCCc1ccc(Cl)nc1.I. The van der Waals surface area contributed by atoms with Crippen LogP contribution in [-0.4, -0.2) is 45.3 Å². The number of nitrogens with one attached hydrogen (secondary N) is 2. The van der Waals surface area contributed by atoms with Crippen LogP contribution in [0.1, 0.15) is 18.1 Å². The molecular formula is C19H26ClIN4O2S. The predicted molar refractivity (Wildman–Crippen MR) is 126 cm³/mol. The summed E-state index contributed by atoms with van der Waals surface area (Å²) < 4.78 is 23.0. The van der Waals surface area contributed by atoms with Gasteiger partial charge >= 0.3 is 0 Å². The second-order valence-electron chi connectivity index (χ2n) is 6.09. The van der Waals surface area contributed by atoms with Crippen LogP contribution in [0.25, 0.3) is 0 Å². The Labute approximate surface area is 189 Å².